The lowest BCUT2D eigenvalue weighted by molar-refractivity contribution is 0.0707. The summed E-state index contributed by atoms with van der Waals surface area (Å²) in [5.41, 5.74) is 2.38. The second kappa shape index (κ2) is 5.56. The number of hydrogen-bond donors (Lipinski definition) is 1. The van der Waals surface area contributed by atoms with Gasteiger partial charge in [0.05, 0.1) is 17.5 Å². The number of piperidine rings is 1. The summed E-state index contributed by atoms with van der Waals surface area (Å²) < 4.78 is 25.0. The minimum Gasteiger partial charge on any atom is -0.336 e. The number of aromatic nitrogens is 1. The van der Waals surface area contributed by atoms with Gasteiger partial charge in [-0.3, -0.25) is 4.79 Å². The molecule has 1 saturated heterocycles. The van der Waals surface area contributed by atoms with E-state index in [1.54, 1.807) is 17.3 Å². The average Bonchev–Trinajstić information content (AvgIpc) is 2.72. The van der Waals surface area contributed by atoms with Gasteiger partial charge in [0.25, 0.3) is 5.91 Å². The molecule has 0 radical (unpaired) electrons. The molecule has 1 aliphatic rings. The Morgan fingerprint density at radius 1 is 1.58 bits per heavy atom. The van der Waals surface area contributed by atoms with E-state index in [9.17, 15) is 13.2 Å². The Morgan fingerprint density at radius 3 is 2.89 bits per heavy atom. The summed E-state index contributed by atoms with van der Waals surface area (Å²) in [4.78, 5) is 18.7. The van der Waals surface area contributed by atoms with E-state index in [1.165, 1.54) is 11.3 Å². The first-order valence-corrected chi connectivity index (χ1v) is 8.80. The van der Waals surface area contributed by atoms with Crippen molar-refractivity contribution in [2.45, 2.75) is 25.8 Å². The number of sulfonamides is 1. The van der Waals surface area contributed by atoms with E-state index in [0.29, 0.717) is 18.0 Å². The average molecular weight is 303 g/mol. The number of thiazole rings is 1. The van der Waals surface area contributed by atoms with Gasteiger partial charge in [0.2, 0.25) is 10.0 Å². The predicted octanol–water partition coefficient (Wildman–Crippen LogP) is 0.605. The highest BCUT2D eigenvalue weighted by Gasteiger charge is 2.27. The van der Waals surface area contributed by atoms with Crippen molar-refractivity contribution >= 4 is 27.3 Å². The SMILES string of the molecule is Cc1ncsc1C(=O)N1CCCC(NS(C)(=O)=O)C1. The zero-order valence-electron chi connectivity index (χ0n) is 10.9. The van der Waals surface area contributed by atoms with Crippen LogP contribution >= 0.6 is 11.3 Å². The quantitative estimate of drug-likeness (QED) is 0.887. The van der Waals surface area contributed by atoms with E-state index < -0.39 is 10.0 Å². The highest BCUT2D eigenvalue weighted by molar-refractivity contribution is 7.88. The molecule has 8 heteroatoms. The molecule has 1 aromatic rings. The van der Waals surface area contributed by atoms with Gasteiger partial charge in [0.1, 0.15) is 4.88 Å². The Balaban J connectivity index is 2.05. The molecule has 0 spiro atoms. The lowest BCUT2D eigenvalue weighted by Crippen LogP contribution is -2.49. The Labute approximate surface area is 116 Å². The molecule has 1 atom stereocenters. The van der Waals surface area contributed by atoms with Crippen molar-refractivity contribution in [3.05, 3.63) is 16.1 Å². The van der Waals surface area contributed by atoms with Crippen molar-refractivity contribution in [1.82, 2.24) is 14.6 Å². The first kappa shape index (κ1) is 14.4. The minimum atomic E-state index is -3.23. The standard InChI is InChI=1S/C11H17N3O3S2/c1-8-10(18-7-12-8)11(15)14-5-3-4-9(6-14)13-19(2,16)17/h7,9,13H,3-6H2,1-2H3. The van der Waals surface area contributed by atoms with Crippen molar-refractivity contribution < 1.29 is 13.2 Å². The van der Waals surface area contributed by atoms with Crippen molar-refractivity contribution in [3.63, 3.8) is 0 Å². The maximum atomic E-state index is 12.3. The number of nitrogens with zero attached hydrogens (tertiary/aromatic N) is 2. The van der Waals surface area contributed by atoms with E-state index >= 15 is 0 Å². The van der Waals surface area contributed by atoms with Gasteiger partial charge in [0.15, 0.2) is 0 Å². The Bertz CT molecular complexity index is 567. The molecule has 0 saturated carbocycles. The molecular formula is C11H17N3O3S2. The molecule has 6 nitrogen and oxygen atoms in total. The lowest BCUT2D eigenvalue weighted by Gasteiger charge is -2.32. The normalized spacial score (nSPS) is 20.5. The van der Waals surface area contributed by atoms with E-state index in [0.717, 1.165) is 24.8 Å². The summed E-state index contributed by atoms with van der Waals surface area (Å²) >= 11 is 1.32. The van der Waals surface area contributed by atoms with Crippen LogP contribution in [0.2, 0.25) is 0 Å². The topological polar surface area (TPSA) is 79.4 Å². The monoisotopic (exact) mass is 303 g/mol. The third kappa shape index (κ3) is 3.74. The van der Waals surface area contributed by atoms with Crippen molar-refractivity contribution in [1.29, 1.82) is 0 Å². The number of hydrogen-bond acceptors (Lipinski definition) is 5. The Morgan fingerprint density at radius 2 is 2.32 bits per heavy atom. The van der Waals surface area contributed by atoms with Crippen molar-refractivity contribution in [3.8, 4) is 0 Å². The smallest absolute Gasteiger partial charge is 0.265 e. The Hall–Kier alpha value is -0.990. The van der Waals surface area contributed by atoms with Gasteiger partial charge in [-0.15, -0.1) is 11.3 Å². The number of rotatable bonds is 3. The van der Waals surface area contributed by atoms with Crippen molar-refractivity contribution in [2.75, 3.05) is 19.3 Å². The maximum absolute atomic E-state index is 12.3. The molecule has 0 aliphatic carbocycles. The summed E-state index contributed by atoms with van der Waals surface area (Å²) in [7, 11) is -3.23. The van der Waals surface area contributed by atoms with Crippen molar-refractivity contribution in [2.24, 2.45) is 0 Å². The first-order valence-electron chi connectivity index (χ1n) is 6.03. The molecular weight excluding hydrogens is 286 g/mol. The van der Waals surface area contributed by atoms with E-state index in [2.05, 4.69) is 9.71 Å². The van der Waals surface area contributed by atoms with Gasteiger partial charge < -0.3 is 4.90 Å². The molecule has 1 aliphatic heterocycles. The number of carbonyl (C=O) groups is 1. The van der Waals surface area contributed by atoms with E-state index in [4.69, 9.17) is 0 Å². The molecule has 1 fully saturated rings. The van der Waals surface area contributed by atoms with Crippen LogP contribution in [-0.2, 0) is 10.0 Å². The Kier molecular flexibility index (Phi) is 4.22. The molecule has 1 unspecified atom stereocenters. The second-order valence-corrected chi connectivity index (χ2v) is 7.38. The summed E-state index contributed by atoms with van der Waals surface area (Å²) in [6, 6.07) is -0.194. The fourth-order valence-corrected chi connectivity index (χ4v) is 3.78. The number of likely N-dealkylation sites (tertiary alicyclic amines) is 1. The molecule has 1 N–H and O–H groups in total. The van der Waals surface area contributed by atoms with Crippen LogP contribution in [0.25, 0.3) is 0 Å². The highest BCUT2D eigenvalue weighted by Crippen LogP contribution is 2.19. The minimum absolute atomic E-state index is 0.0556. The summed E-state index contributed by atoms with van der Waals surface area (Å²) in [5, 5.41) is 0. The van der Waals surface area contributed by atoms with Gasteiger partial charge in [-0.05, 0) is 19.8 Å². The van der Waals surface area contributed by atoms with Crippen LogP contribution in [0.5, 0.6) is 0 Å². The van der Waals surface area contributed by atoms with Gasteiger partial charge in [-0.1, -0.05) is 0 Å². The molecule has 2 rings (SSSR count). The maximum Gasteiger partial charge on any atom is 0.265 e. The second-order valence-electron chi connectivity index (χ2n) is 4.75. The largest absolute Gasteiger partial charge is 0.336 e. The molecule has 2 heterocycles. The van der Waals surface area contributed by atoms with Crippen LogP contribution in [0.1, 0.15) is 28.2 Å². The molecule has 19 heavy (non-hydrogen) atoms. The predicted molar refractivity (Wildman–Crippen MR) is 73.8 cm³/mol. The number of carbonyl (C=O) groups excluding carboxylic acids is 1. The summed E-state index contributed by atoms with van der Waals surface area (Å²) in [6.45, 7) is 2.89. The van der Waals surface area contributed by atoms with Crippen LogP contribution in [0.4, 0.5) is 0 Å². The van der Waals surface area contributed by atoms with Crippen LogP contribution in [-0.4, -0.2) is 49.6 Å². The fourth-order valence-electron chi connectivity index (χ4n) is 2.21. The third-order valence-corrected chi connectivity index (χ3v) is 4.71. The molecule has 106 valence electrons. The lowest BCUT2D eigenvalue weighted by atomic mass is 10.1. The summed E-state index contributed by atoms with van der Waals surface area (Å²) in [6.07, 6.45) is 2.70. The molecule has 1 aromatic heterocycles. The van der Waals surface area contributed by atoms with E-state index in [-0.39, 0.29) is 11.9 Å². The molecule has 0 bridgehead atoms. The zero-order valence-corrected chi connectivity index (χ0v) is 12.6. The first-order chi connectivity index (χ1) is 8.87. The van der Waals surface area contributed by atoms with Gasteiger partial charge in [-0.25, -0.2) is 18.1 Å². The van der Waals surface area contributed by atoms with Crippen LogP contribution in [0.3, 0.4) is 0 Å². The van der Waals surface area contributed by atoms with E-state index in [1.807, 2.05) is 0 Å². The van der Waals surface area contributed by atoms with Crippen LogP contribution in [0.15, 0.2) is 5.51 Å². The van der Waals surface area contributed by atoms with Gasteiger partial charge in [-0.2, -0.15) is 0 Å². The summed E-state index contributed by atoms with van der Waals surface area (Å²) in [5.74, 6) is -0.0556. The number of aryl methyl sites for hydroxylation is 1. The number of amides is 1. The van der Waals surface area contributed by atoms with Gasteiger partial charge in [0, 0.05) is 19.1 Å². The number of nitrogens with one attached hydrogen (secondary N) is 1. The van der Waals surface area contributed by atoms with Gasteiger partial charge >= 0.3 is 0 Å². The van der Waals surface area contributed by atoms with Crippen LogP contribution in [0, 0.1) is 6.92 Å². The fraction of sp³-hybridized carbons (Fsp3) is 0.636. The third-order valence-electron chi connectivity index (χ3n) is 3.03. The van der Waals surface area contributed by atoms with Crippen LogP contribution < -0.4 is 4.72 Å². The molecule has 0 aromatic carbocycles. The molecule has 1 amide bonds. The zero-order chi connectivity index (χ0) is 14.0. The highest BCUT2D eigenvalue weighted by atomic mass is 32.2.